The van der Waals surface area contributed by atoms with Crippen LogP contribution in [0.25, 0.3) is 33.2 Å². The maximum atomic E-state index is 11.8. The van der Waals surface area contributed by atoms with E-state index in [4.69, 9.17) is 0 Å². The van der Waals surface area contributed by atoms with Crippen LogP contribution in [-0.4, -0.2) is 57.6 Å². The Balaban J connectivity index is 0.000000152. The van der Waals surface area contributed by atoms with Crippen LogP contribution in [0, 0.1) is 69.2 Å². The Hall–Kier alpha value is -5.72. The molecule has 0 N–H and O–H groups in total. The smallest absolute Gasteiger partial charge is 0.262 e. The summed E-state index contributed by atoms with van der Waals surface area (Å²) in [7, 11) is 1.72. The highest BCUT2D eigenvalue weighted by Crippen LogP contribution is 2.27. The maximum Gasteiger partial charge on any atom is 0.262 e. The molecule has 0 aromatic carbocycles. The first-order valence-electron chi connectivity index (χ1n) is 21.1. The minimum Gasteiger partial charge on any atom is -0.327 e. The summed E-state index contributed by atoms with van der Waals surface area (Å²) in [5.74, 6) is 4.52. The lowest BCUT2D eigenvalue weighted by molar-refractivity contribution is 0.601. The van der Waals surface area contributed by atoms with Gasteiger partial charge in [0.2, 0.25) is 0 Å². The molecule has 0 saturated heterocycles. The van der Waals surface area contributed by atoms with Crippen molar-refractivity contribution >= 4 is 33.2 Å². The predicted molar refractivity (Wildman–Crippen MR) is 245 cm³/mol. The molecule has 0 fully saturated rings. The molecular weight excluding hydrogens is 749 g/mol. The third kappa shape index (κ3) is 9.05. The van der Waals surface area contributed by atoms with Crippen molar-refractivity contribution in [2.75, 3.05) is 0 Å². The van der Waals surface area contributed by atoms with Gasteiger partial charge in [-0.2, -0.15) is 5.10 Å². The zero-order valence-corrected chi connectivity index (χ0v) is 39.5. The van der Waals surface area contributed by atoms with Gasteiger partial charge < -0.3 is 13.7 Å². The fourth-order valence-corrected chi connectivity index (χ4v) is 8.46. The first kappa shape index (κ1) is 45.4. The number of hydrogen-bond acceptors (Lipinski definition) is 8. The van der Waals surface area contributed by atoms with E-state index in [-0.39, 0.29) is 5.56 Å². The zero-order chi connectivity index (χ0) is 44.7. The van der Waals surface area contributed by atoms with Crippen LogP contribution in [0.15, 0.2) is 35.5 Å². The Morgan fingerprint density at radius 2 is 1.12 bits per heavy atom. The molecule has 0 aliphatic carbocycles. The summed E-state index contributed by atoms with van der Waals surface area (Å²) in [6.07, 6.45) is 3.70. The van der Waals surface area contributed by atoms with Crippen LogP contribution >= 0.6 is 0 Å². The molecule has 13 heteroatoms. The van der Waals surface area contributed by atoms with E-state index >= 15 is 0 Å². The molecule has 8 aromatic rings. The van der Waals surface area contributed by atoms with Gasteiger partial charge in [0.05, 0.1) is 28.6 Å². The molecule has 0 saturated carbocycles. The summed E-state index contributed by atoms with van der Waals surface area (Å²) in [5.41, 5.74) is 13.7. The molecule has 0 unspecified atom stereocenters. The minimum absolute atomic E-state index is 0.0162. The van der Waals surface area contributed by atoms with Crippen molar-refractivity contribution < 1.29 is 0 Å². The first-order valence-corrected chi connectivity index (χ1v) is 21.1. The summed E-state index contributed by atoms with van der Waals surface area (Å²) in [5, 5.41) is 6.36. The van der Waals surface area contributed by atoms with Crippen LogP contribution in [0.4, 0.5) is 0 Å². The number of nitrogens with zero attached hydrogens (tertiary/aromatic N) is 12. The summed E-state index contributed by atoms with van der Waals surface area (Å²) >= 11 is 0. The standard InChI is InChI=1S/3C12H17N3.C11H15N3O/c1-7(2)11-8(3)6-15-10(5)13-9(4)14-12(11)15;1-7(2)15-8(3)6-11-9(4)13-10(5)14-12(11)15;1-7(2)12-8(3)6-11-9(4)13-10(5)14-15(11)12;1-7(2)14-8(3)5-9-10(14)12-6-13(4)11(9)15/h3*6-7H,1-5H3;5-7H,1-4H3. The van der Waals surface area contributed by atoms with Crippen molar-refractivity contribution in [2.24, 2.45) is 7.05 Å². The van der Waals surface area contributed by atoms with Gasteiger partial charge in [0, 0.05) is 53.4 Å². The van der Waals surface area contributed by atoms with Crippen molar-refractivity contribution in [3.63, 3.8) is 0 Å². The van der Waals surface area contributed by atoms with Gasteiger partial charge in [-0.1, -0.05) is 27.7 Å². The van der Waals surface area contributed by atoms with Crippen molar-refractivity contribution in [3.8, 4) is 0 Å². The van der Waals surface area contributed by atoms with Crippen LogP contribution in [0.1, 0.15) is 148 Å². The molecule has 60 heavy (non-hydrogen) atoms. The van der Waals surface area contributed by atoms with Crippen molar-refractivity contribution in [1.82, 2.24) is 57.6 Å². The normalized spacial score (nSPS) is 11.6. The highest BCUT2D eigenvalue weighted by Gasteiger charge is 2.16. The molecule has 320 valence electrons. The lowest BCUT2D eigenvalue weighted by atomic mass is 10.0. The quantitative estimate of drug-likeness (QED) is 0.172. The Labute approximate surface area is 355 Å². The Morgan fingerprint density at radius 1 is 0.567 bits per heavy atom. The highest BCUT2D eigenvalue weighted by atomic mass is 16.1. The molecule has 0 atom stereocenters. The summed E-state index contributed by atoms with van der Waals surface area (Å²) in [6.45, 7) is 37.7. The van der Waals surface area contributed by atoms with Gasteiger partial charge in [0.1, 0.15) is 40.2 Å². The Kier molecular flexibility index (Phi) is 13.5. The van der Waals surface area contributed by atoms with Crippen molar-refractivity contribution in [1.29, 1.82) is 0 Å². The second kappa shape index (κ2) is 17.9. The average Bonchev–Trinajstić information content (AvgIpc) is 3.86. The lowest BCUT2D eigenvalue weighted by Crippen LogP contribution is -2.17. The Morgan fingerprint density at radius 3 is 1.70 bits per heavy atom. The molecule has 0 radical (unpaired) electrons. The lowest BCUT2D eigenvalue weighted by Gasteiger charge is -2.11. The molecule has 0 spiro atoms. The van der Waals surface area contributed by atoms with Crippen molar-refractivity contribution in [3.05, 3.63) is 110 Å². The molecule has 8 aromatic heterocycles. The van der Waals surface area contributed by atoms with Gasteiger partial charge in [-0.15, -0.1) is 0 Å². The second-order valence-electron chi connectivity index (χ2n) is 17.3. The van der Waals surface area contributed by atoms with Gasteiger partial charge >= 0.3 is 0 Å². The van der Waals surface area contributed by atoms with E-state index in [0.29, 0.717) is 29.3 Å². The monoisotopic (exact) mass is 815 g/mol. The first-order chi connectivity index (χ1) is 28.0. The Bertz CT molecular complexity index is 2650. The number of fused-ring (bicyclic) bond motifs is 4. The van der Waals surface area contributed by atoms with Crippen LogP contribution in [0.3, 0.4) is 0 Å². The minimum atomic E-state index is 0.0162. The summed E-state index contributed by atoms with van der Waals surface area (Å²) in [6, 6.07) is 7.01. The van der Waals surface area contributed by atoms with Crippen molar-refractivity contribution in [2.45, 2.75) is 149 Å². The topological polar surface area (TPSA) is 131 Å². The highest BCUT2D eigenvalue weighted by molar-refractivity contribution is 5.80. The zero-order valence-electron chi connectivity index (χ0n) is 39.5. The van der Waals surface area contributed by atoms with E-state index in [1.54, 1.807) is 13.4 Å². The maximum absolute atomic E-state index is 11.8. The number of aromatic nitrogens is 12. The molecule has 13 nitrogen and oxygen atoms in total. The molecule has 0 amide bonds. The van der Waals surface area contributed by atoms with Crippen LogP contribution in [0.2, 0.25) is 0 Å². The van der Waals surface area contributed by atoms with E-state index in [0.717, 1.165) is 62.8 Å². The van der Waals surface area contributed by atoms with Gasteiger partial charge in [0.25, 0.3) is 5.56 Å². The van der Waals surface area contributed by atoms with E-state index in [1.165, 1.54) is 38.0 Å². The van der Waals surface area contributed by atoms with Gasteiger partial charge in [-0.3, -0.25) is 9.20 Å². The largest absolute Gasteiger partial charge is 0.327 e. The molecular formula is C47H66N12O. The molecule has 0 aliphatic heterocycles. The van der Waals surface area contributed by atoms with Gasteiger partial charge in [-0.05, 0) is 138 Å². The second-order valence-corrected chi connectivity index (χ2v) is 17.3. The summed E-state index contributed by atoms with van der Waals surface area (Å²) in [4.78, 5) is 38.3. The van der Waals surface area contributed by atoms with Crippen LogP contribution < -0.4 is 5.56 Å². The third-order valence-corrected chi connectivity index (χ3v) is 10.8. The van der Waals surface area contributed by atoms with Gasteiger partial charge in [0.15, 0.2) is 0 Å². The number of rotatable bonds is 4. The number of aryl methyl sites for hydroxylation is 11. The molecule has 0 aliphatic rings. The predicted octanol–water partition coefficient (Wildman–Crippen LogP) is 10.1. The van der Waals surface area contributed by atoms with E-state index < -0.39 is 0 Å². The third-order valence-electron chi connectivity index (χ3n) is 10.8. The fourth-order valence-electron chi connectivity index (χ4n) is 8.46. The van der Waals surface area contributed by atoms with Gasteiger partial charge in [-0.25, -0.2) is 34.4 Å². The van der Waals surface area contributed by atoms with Crippen LogP contribution in [0.5, 0.6) is 0 Å². The van der Waals surface area contributed by atoms with E-state index in [9.17, 15) is 4.79 Å². The average molecular weight is 815 g/mol. The van der Waals surface area contributed by atoms with E-state index in [2.05, 4.69) is 143 Å². The van der Waals surface area contributed by atoms with E-state index in [1.807, 2.05) is 59.0 Å². The summed E-state index contributed by atoms with van der Waals surface area (Å²) < 4.78 is 9.97. The molecule has 0 bridgehead atoms. The fraction of sp³-hybridized carbons (Fsp3) is 0.489. The molecule has 8 rings (SSSR count). The van der Waals surface area contributed by atoms with Crippen LogP contribution in [-0.2, 0) is 7.05 Å². The molecule has 8 heterocycles. The SMILES string of the molecule is Cc1cc2c(=O)n(C)cnc2n1C(C)C.Cc1nc(C)c2cc(C)c(C(C)C)n2n1.Cc1nc(C)c2cc(C)n(C(C)C)c2n1.Cc1nc(C)n2cc(C)c(C(C)C)c2n1. The number of hydrogen-bond donors (Lipinski definition) is 0.